The molecule has 5 rings (SSSR count). The van der Waals surface area contributed by atoms with E-state index in [0.29, 0.717) is 23.0 Å². The fraction of sp³-hybridized carbons (Fsp3) is 0.185. The number of halogens is 1. The number of hydrazone groups is 1. The van der Waals surface area contributed by atoms with Crippen LogP contribution in [0.4, 0.5) is 10.1 Å². The Balaban J connectivity index is 1.32. The second-order valence-electron chi connectivity index (χ2n) is 8.35. The zero-order chi connectivity index (χ0) is 25.1. The molecule has 0 saturated heterocycles. The van der Waals surface area contributed by atoms with Gasteiger partial charge in [0.15, 0.2) is 5.17 Å². The number of rotatable bonds is 6. The molecule has 182 valence electrons. The molecule has 7 nitrogen and oxygen atoms in total. The summed E-state index contributed by atoms with van der Waals surface area (Å²) < 4.78 is 18.7. The van der Waals surface area contributed by atoms with Gasteiger partial charge in [-0.15, -0.1) is 0 Å². The van der Waals surface area contributed by atoms with Crippen LogP contribution < -0.4 is 10.1 Å². The lowest BCUT2D eigenvalue weighted by molar-refractivity contribution is -0.121. The maximum atomic E-state index is 13.6. The van der Waals surface area contributed by atoms with Gasteiger partial charge in [0.25, 0.3) is 5.91 Å². The Kier molecular flexibility index (Phi) is 6.81. The molecule has 9 heteroatoms. The number of hydrogen-bond donors (Lipinski definition) is 1. The number of hydrogen-bond acceptors (Lipinski definition) is 6. The smallest absolute Gasteiger partial charge is 0.262 e. The first kappa shape index (κ1) is 23.7. The highest BCUT2D eigenvalue weighted by Gasteiger charge is 2.39. The van der Waals surface area contributed by atoms with E-state index in [1.54, 1.807) is 48.5 Å². The van der Waals surface area contributed by atoms with E-state index < -0.39 is 5.25 Å². The molecule has 0 saturated carbocycles. The van der Waals surface area contributed by atoms with E-state index in [2.05, 4.69) is 10.3 Å². The molecule has 2 atom stereocenters. The van der Waals surface area contributed by atoms with Gasteiger partial charge in [0.1, 0.15) is 16.8 Å². The van der Waals surface area contributed by atoms with Crippen molar-refractivity contribution in [3.63, 3.8) is 0 Å². The maximum absolute atomic E-state index is 13.6. The monoisotopic (exact) mass is 502 g/mol. The van der Waals surface area contributed by atoms with Crippen molar-refractivity contribution in [3.8, 4) is 5.75 Å². The first-order valence-corrected chi connectivity index (χ1v) is 12.3. The number of nitrogens with one attached hydrogen (secondary N) is 1. The van der Waals surface area contributed by atoms with Gasteiger partial charge in [0.2, 0.25) is 5.91 Å². The third-order valence-electron chi connectivity index (χ3n) is 5.94. The van der Waals surface area contributed by atoms with Crippen molar-refractivity contribution in [1.29, 1.82) is 0 Å². The van der Waals surface area contributed by atoms with Crippen molar-refractivity contribution < 1.29 is 18.7 Å². The van der Waals surface area contributed by atoms with Crippen LogP contribution in [0.3, 0.4) is 0 Å². The Hall–Kier alpha value is -3.98. The third-order valence-corrected chi connectivity index (χ3v) is 7.08. The van der Waals surface area contributed by atoms with Crippen LogP contribution in [0.15, 0.2) is 89.0 Å². The molecule has 0 aromatic heterocycles. The first-order chi connectivity index (χ1) is 17.5. The van der Waals surface area contributed by atoms with Gasteiger partial charge < -0.3 is 10.1 Å². The number of carbonyl (C=O) groups excluding carboxylic acids is 2. The first-order valence-electron chi connectivity index (χ1n) is 11.4. The van der Waals surface area contributed by atoms with Crippen molar-refractivity contribution in [2.75, 3.05) is 12.4 Å². The fourth-order valence-corrected chi connectivity index (χ4v) is 5.16. The highest BCUT2D eigenvalue weighted by atomic mass is 32.2. The van der Waals surface area contributed by atoms with Gasteiger partial charge in [-0.05, 0) is 47.5 Å². The molecule has 0 unspecified atom stereocenters. The predicted octanol–water partition coefficient (Wildman–Crippen LogP) is 5.01. The summed E-state index contributed by atoms with van der Waals surface area (Å²) in [4.78, 5) is 29.6. The number of methoxy groups -OCH3 is 1. The van der Waals surface area contributed by atoms with E-state index in [-0.39, 0.29) is 30.1 Å². The van der Waals surface area contributed by atoms with Gasteiger partial charge in [0, 0.05) is 18.5 Å². The van der Waals surface area contributed by atoms with Gasteiger partial charge in [-0.2, -0.15) is 10.1 Å². The Bertz CT molecular complexity index is 1330. The minimum Gasteiger partial charge on any atom is -0.497 e. The second kappa shape index (κ2) is 10.3. The molecule has 2 heterocycles. The van der Waals surface area contributed by atoms with Crippen LogP contribution >= 0.6 is 11.8 Å². The molecular weight excluding hydrogens is 479 g/mol. The van der Waals surface area contributed by atoms with Crippen molar-refractivity contribution >= 4 is 40.1 Å². The summed E-state index contributed by atoms with van der Waals surface area (Å²) in [5.74, 6) is -0.295. The minimum atomic E-state index is -0.650. The van der Waals surface area contributed by atoms with E-state index in [1.165, 1.54) is 23.9 Å². The summed E-state index contributed by atoms with van der Waals surface area (Å²) in [6.07, 6.45) is 0.554. The average molecular weight is 503 g/mol. The Labute approximate surface area is 212 Å². The number of thioether (sulfide) groups is 1. The van der Waals surface area contributed by atoms with Crippen molar-refractivity contribution in [2.24, 2.45) is 10.1 Å². The summed E-state index contributed by atoms with van der Waals surface area (Å²) in [6, 6.07) is 22.8. The molecule has 3 aromatic rings. The summed E-state index contributed by atoms with van der Waals surface area (Å²) in [6.45, 7) is 0. The van der Waals surface area contributed by atoms with Crippen LogP contribution in [0.25, 0.3) is 0 Å². The van der Waals surface area contributed by atoms with E-state index >= 15 is 0 Å². The lowest BCUT2D eigenvalue weighted by atomic mass is 9.99. The van der Waals surface area contributed by atoms with E-state index in [1.807, 2.05) is 30.3 Å². The number of benzene rings is 3. The number of nitrogens with zero attached hydrogens (tertiary/aromatic N) is 3. The molecule has 2 aliphatic heterocycles. The molecule has 0 bridgehead atoms. The predicted molar refractivity (Wildman–Crippen MR) is 139 cm³/mol. The molecule has 0 radical (unpaired) electrons. The van der Waals surface area contributed by atoms with Gasteiger partial charge in [0.05, 0.1) is 18.9 Å². The zero-order valence-corrected chi connectivity index (χ0v) is 20.2. The maximum Gasteiger partial charge on any atom is 0.262 e. The van der Waals surface area contributed by atoms with Crippen LogP contribution in [0.1, 0.15) is 30.0 Å². The fourth-order valence-electron chi connectivity index (χ4n) is 4.10. The van der Waals surface area contributed by atoms with E-state index in [4.69, 9.17) is 9.84 Å². The molecule has 1 N–H and O–H groups in total. The van der Waals surface area contributed by atoms with Crippen LogP contribution in [0.2, 0.25) is 0 Å². The number of anilines is 1. The lowest BCUT2D eigenvalue weighted by Crippen LogP contribution is -2.25. The molecule has 0 aliphatic carbocycles. The molecule has 2 aliphatic rings. The van der Waals surface area contributed by atoms with Gasteiger partial charge in [-0.3, -0.25) is 9.59 Å². The quantitative estimate of drug-likeness (QED) is 0.512. The Morgan fingerprint density at radius 3 is 2.50 bits per heavy atom. The summed E-state index contributed by atoms with van der Waals surface area (Å²) in [5.41, 5.74) is 3.30. The number of amides is 2. The Morgan fingerprint density at radius 2 is 1.81 bits per heavy atom. The summed E-state index contributed by atoms with van der Waals surface area (Å²) >= 11 is 1.22. The van der Waals surface area contributed by atoms with Crippen molar-refractivity contribution in [2.45, 2.75) is 24.1 Å². The number of aliphatic imine (C=N–C) groups is 1. The van der Waals surface area contributed by atoms with Crippen LogP contribution in [0, 0.1) is 5.82 Å². The summed E-state index contributed by atoms with van der Waals surface area (Å²) in [5, 5.41) is 9.10. The molecule has 0 fully saturated rings. The van der Waals surface area contributed by atoms with Crippen LogP contribution in [-0.4, -0.2) is 40.1 Å². The number of ether oxygens (including phenoxy) is 1. The normalized spacial score (nSPS) is 19.2. The molecule has 3 aromatic carbocycles. The molecular formula is C27H23FN4O3S. The zero-order valence-electron chi connectivity index (χ0n) is 19.4. The number of amidine groups is 1. The summed E-state index contributed by atoms with van der Waals surface area (Å²) in [7, 11) is 1.57. The van der Waals surface area contributed by atoms with E-state index in [9.17, 15) is 14.0 Å². The molecule has 36 heavy (non-hydrogen) atoms. The molecule has 0 spiro atoms. The van der Waals surface area contributed by atoms with Crippen LogP contribution in [0.5, 0.6) is 5.75 Å². The van der Waals surface area contributed by atoms with Gasteiger partial charge in [-0.25, -0.2) is 9.40 Å². The lowest BCUT2D eigenvalue weighted by Gasteiger charge is -2.23. The topological polar surface area (TPSA) is 83.4 Å². The average Bonchev–Trinajstić information content (AvgIpc) is 3.49. The highest BCUT2D eigenvalue weighted by molar-refractivity contribution is 8.15. The van der Waals surface area contributed by atoms with Crippen LogP contribution in [-0.2, 0) is 9.59 Å². The number of carbonyl (C=O) groups is 2. The SMILES string of the molecule is COc1ccc(NC(=O)C[C@@H]2SC(N3N=C(c4ccccc4)C[C@@H]3c3ccc(F)cc3)=NC2=O)cc1. The highest BCUT2D eigenvalue weighted by Crippen LogP contribution is 2.38. The van der Waals surface area contributed by atoms with E-state index in [0.717, 1.165) is 16.8 Å². The second-order valence-corrected chi connectivity index (χ2v) is 9.52. The standard InChI is InChI=1S/C27H23FN4O3S/c1-35-21-13-11-20(12-14-21)29-25(33)16-24-26(34)30-27(36-24)32-23(18-7-9-19(28)10-8-18)15-22(31-32)17-5-3-2-4-6-17/h2-14,23-24H,15-16H2,1H3,(H,29,33)/t23-,24+/m1/s1. The molecule has 2 amide bonds. The van der Waals surface area contributed by atoms with Gasteiger partial charge in [-0.1, -0.05) is 54.2 Å². The minimum absolute atomic E-state index is 0.0210. The largest absolute Gasteiger partial charge is 0.497 e. The third kappa shape index (κ3) is 5.16. The Morgan fingerprint density at radius 1 is 1.08 bits per heavy atom. The van der Waals surface area contributed by atoms with Gasteiger partial charge >= 0.3 is 0 Å². The van der Waals surface area contributed by atoms with Crippen molar-refractivity contribution in [3.05, 3.63) is 95.8 Å². The van der Waals surface area contributed by atoms with Crippen molar-refractivity contribution in [1.82, 2.24) is 5.01 Å².